The number of benzene rings is 1. The van der Waals surface area contributed by atoms with Gasteiger partial charge < -0.3 is 10.6 Å². The molecule has 19 heavy (non-hydrogen) atoms. The van der Waals surface area contributed by atoms with Crippen LogP contribution in [0, 0.1) is 6.92 Å². The quantitative estimate of drug-likeness (QED) is 0.837. The van der Waals surface area contributed by atoms with Crippen LogP contribution >= 0.6 is 15.9 Å². The van der Waals surface area contributed by atoms with Crippen molar-refractivity contribution in [2.24, 2.45) is 0 Å². The van der Waals surface area contributed by atoms with Gasteiger partial charge in [0, 0.05) is 16.7 Å². The maximum absolute atomic E-state index is 4.52. The van der Waals surface area contributed by atoms with Gasteiger partial charge in [-0.3, -0.25) is 0 Å². The minimum Gasteiger partial charge on any atom is -0.370 e. The molecule has 3 nitrogen and oxygen atoms in total. The Hall–Kier alpha value is -1.55. The van der Waals surface area contributed by atoms with E-state index in [0.717, 1.165) is 34.8 Å². The summed E-state index contributed by atoms with van der Waals surface area (Å²) in [5.41, 5.74) is 2.24. The summed E-state index contributed by atoms with van der Waals surface area (Å²) in [7, 11) is 0. The van der Waals surface area contributed by atoms with Crippen molar-refractivity contribution < 1.29 is 0 Å². The van der Waals surface area contributed by atoms with Crippen molar-refractivity contribution >= 4 is 33.3 Å². The van der Waals surface area contributed by atoms with Crippen LogP contribution in [0.5, 0.6) is 0 Å². The van der Waals surface area contributed by atoms with Crippen molar-refractivity contribution in [3.05, 3.63) is 46.4 Å². The Labute approximate surface area is 122 Å². The highest BCUT2D eigenvalue weighted by molar-refractivity contribution is 9.10. The fourth-order valence-corrected chi connectivity index (χ4v) is 1.97. The fraction of sp³-hybridized carbons (Fsp3) is 0.267. The second-order valence-corrected chi connectivity index (χ2v) is 5.28. The average Bonchev–Trinajstić information content (AvgIpc) is 2.41. The molecule has 2 rings (SSSR count). The first-order valence-electron chi connectivity index (χ1n) is 6.43. The van der Waals surface area contributed by atoms with Crippen molar-refractivity contribution in [3.63, 3.8) is 0 Å². The number of hydrogen-bond donors (Lipinski definition) is 2. The number of nitrogens with zero attached hydrogens (tertiary/aromatic N) is 1. The predicted molar refractivity (Wildman–Crippen MR) is 85.2 cm³/mol. The topological polar surface area (TPSA) is 37.0 Å². The smallest absolute Gasteiger partial charge is 0.132 e. The third kappa shape index (κ3) is 3.96. The Kier molecular flexibility index (Phi) is 4.80. The molecule has 0 aliphatic heterocycles. The maximum atomic E-state index is 4.52. The summed E-state index contributed by atoms with van der Waals surface area (Å²) in [4.78, 5) is 4.52. The minimum absolute atomic E-state index is 0.850. The van der Waals surface area contributed by atoms with E-state index >= 15 is 0 Å². The number of rotatable bonds is 5. The van der Waals surface area contributed by atoms with Gasteiger partial charge in [-0.2, -0.15) is 0 Å². The molecule has 2 aromatic rings. The van der Waals surface area contributed by atoms with E-state index in [-0.39, 0.29) is 0 Å². The van der Waals surface area contributed by atoms with E-state index in [1.54, 1.807) is 0 Å². The van der Waals surface area contributed by atoms with Gasteiger partial charge in [0.1, 0.15) is 11.6 Å². The molecule has 0 amide bonds. The highest BCUT2D eigenvalue weighted by Gasteiger charge is 2.00. The molecule has 2 N–H and O–H groups in total. The minimum atomic E-state index is 0.850. The molecule has 0 fully saturated rings. The predicted octanol–water partition coefficient (Wildman–Crippen LogP) is 4.72. The summed E-state index contributed by atoms with van der Waals surface area (Å²) in [6.07, 6.45) is 1.09. The van der Waals surface area contributed by atoms with Gasteiger partial charge in [-0.1, -0.05) is 28.9 Å². The molecule has 0 unspecified atom stereocenters. The van der Waals surface area contributed by atoms with Gasteiger partial charge in [0.25, 0.3) is 0 Å². The largest absolute Gasteiger partial charge is 0.370 e. The summed E-state index contributed by atoms with van der Waals surface area (Å²) >= 11 is 3.50. The number of halogens is 1. The Morgan fingerprint density at radius 2 is 1.95 bits per heavy atom. The molecule has 0 bridgehead atoms. The summed E-state index contributed by atoms with van der Waals surface area (Å²) in [5, 5.41) is 6.60. The average molecular weight is 320 g/mol. The normalized spacial score (nSPS) is 10.3. The number of pyridine rings is 1. The number of aromatic nitrogens is 1. The lowest BCUT2D eigenvalue weighted by molar-refractivity contribution is 0.970. The van der Waals surface area contributed by atoms with Crippen molar-refractivity contribution in [3.8, 4) is 0 Å². The van der Waals surface area contributed by atoms with E-state index in [4.69, 9.17) is 0 Å². The van der Waals surface area contributed by atoms with E-state index in [1.165, 1.54) is 5.56 Å². The molecule has 0 saturated heterocycles. The van der Waals surface area contributed by atoms with Crippen LogP contribution in [-0.2, 0) is 0 Å². The molecule has 100 valence electrons. The van der Waals surface area contributed by atoms with Crippen LogP contribution in [0.2, 0.25) is 0 Å². The van der Waals surface area contributed by atoms with Gasteiger partial charge in [0.15, 0.2) is 0 Å². The summed E-state index contributed by atoms with van der Waals surface area (Å²) in [5.74, 6) is 1.75. The van der Waals surface area contributed by atoms with Crippen LogP contribution in [0.4, 0.5) is 17.3 Å². The Bertz CT molecular complexity index is 555. The van der Waals surface area contributed by atoms with E-state index < -0.39 is 0 Å². The second-order valence-electron chi connectivity index (χ2n) is 4.42. The molecule has 0 spiro atoms. The molecule has 0 saturated carbocycles. The molecule has 0 aliphatic carbocycles. The summed E-state index contributed by atoms with van der Waals surface area (Å²) < 4.78 is 1.12. The van der Waals surface area contributed by atoms with Gasteiger partial charge in [-0.25, -0.2) is 4.98 Å². The molecule has 4 heteroatoms. The van der Waals surface area contributed by atoms with Gasteiger partial charge in [-0.05, 0) is 49.2 Å². The molecule has 0 atom stereocenters. The second kappa shape index (κ2) is 6.57. The van der Waals surface area contributed by atoms with Gasteiger partial charge >= 0.3 is 0 Å². The third-order valence-electron chi connectivity index (χ3n) is 2.74. The van der Waals surface area contributed by atoms with E-state index in [0.29, 0.717) is 0 Å². The first-order valence-corrected chi connectivity index (χ1v) is 7.22. The number of hydrogen-bond acceptors (Lipinski definition) is 3. The Morgan fingerprint density at radius 3 is 2.68 bits per heavy atom. The zero-order valence-electron chi connectivity index (χ0n) is 11.2. The molecule has 1 aromatic carbocycles. The highest BCUT2D eigenvalue weighted by atomic mass is 79.9. The Balaban J connectivity index is 2.11. The monoisotopic (exact) mass is 319 g/mol. The van der Waals surface area contributed by atoms with E-state index in [1.807, 2.05) is 30.3 Å². The van der Waals surface area contributed by atoms with Gasteiger partial charge in [0.05, 0.1) is 0 Å². The van der Waals surface area contributed by atoms with Crippen LogP contribution in [0.15, 0.2) is 40.9 Å². The number of nitrogens with one attached hydrogen (secondary N) is 2. The van der Waals surface area contributed by atoms with Crippen LogP contribution in [-0.4, -0.2) is 11.5 Å². The summed E-state index contributed by atoms with van der Waals surface area (Å²) in [6.45, 7) is 5.15. The molecule has 0 radical (unpaired) electrons. The first-order chi connectivity index (χ1) is 9.19. The van der Waals surface area contributed by atoms with E-state index in [9.17, 15) is 0 Å². The lowest BCUT2D eigenvalue weighted by atomic mass is 10.2. The van der Waals surface area contributed by atoms with Crippen LogP contribution in [0.3, 0.4) is 0 Å². The molecule has 1 aromatic heterocycles. The van der Waals surface area contributed by atoms with Crippen LogP contribution < -0.4 is 10.6 Å². The Morgan fingerprint density at radius 1 is 1.16 bits per heavy atom. The van der Waals surface area contributed by atoms with Crippen molar-refractivity contribution in [1.29, 1.82) is 0 Å². The molecular weight excluding hydrogens is 302 g/mol. The molecule has 0 aliphatic rings. The van der Waals surface area contributed by atoms with E-state index in [2.05, 4.69) is 51.5 Å². The lowest BCUT2D eigenvalue weighted by Gasteiger charge is -2.09. The van der Waals surface area contributed by atoms with Crippen LogP contribution in [0.1, 0.15) is 18.9 Å². The lowest BCUT2D eigenvalue weighted by Crippen LogP contribution is -2.03. The zero-order chi connectivity index (χ0) is 13.7. The highest BCUT2D eigenvalue weighted by Crippen LogP contribution is 2.22. The van der Waals surface area contributed by atoms with Crippen molar-refractivity contribution in [2.75, 3.05) is 17.2 Å². The summed E-state index contributed by atoms with van der Waals surface area (Å²) in [6, 6.07) is 12.1. The van der Waals surface area contributed by atoms with Gasteiger partial charge in [-0.15, -0.1) is 0 Å². The van der Waals surface area contributed by atoms with Crippen molar-refractivity contribution in [1.82, 2.24) is 4.98 Å². The van der Waals surface area contributed by atoms with Crippen molar-refractivity contribution in [2.45, 2.75) is 20.3 Å². The van der Waals surface area contributed by atoms with Gasteiger partial charge in [0.2, 0.25) is 0 Å². The fourth-order valence-electron chi connectivity index (χ4n) is 1.73. The standard InChI is InChI=1S/C15H18BrN3/c1-3-9-17-14-5-4-6-15(19-14)18-12-7-8-13(16)11(2)10-12/h4-8,10H,3,9H2,1-2H3,(H2,17,18,19). The SMILES string of the molecule is CCCNc1cccc(Nc2ccc(Br)c(C)c2)n1. The molecule has 1 heterocycles. The zero-order valence-corrected chi connectivity index (χ0v) is 12.8. The van der Waals surface area contributed by atoms with Crippen LogP contribution in [0.25, 0.3) is 0 Å². The first kappa shape index (κ1) is 13.9. The maximum Gasteiger partial charge on any atom is 0.132 e. The number of aryl methyl sites for hydroxylation is 1. The third-order valence-corrected chi connectivity index (χ3v) is 3.63. The molecular formula is C15H18BrN3. The number of anilines is 3.